The van der Waals surface area contributed by atoms with E-state index >= 15 is 0 Å². The molecule has 0 unspecified atom stereocenters. The molecule has 0 saturated carbocycles. The molecule has 0 saturated heterocycles. The van der Waals surface area contributed by atoms with Gasteiger partial charge in [0.2, 0.25) is 0 Å². The summed E-state index contributed by atoms with van der Waals surface area (Å²) >= 11 is 0. The topological polar surface area (TPSA) is 16.4 Å². The molecule has 1 heterocycles. The van der Waals surface area contributed by atoms with Gasteiger partial charge in [-0.05, 0) is 81.1 Å². The molecule has 226 valence electrons. The van der Waals surface area contributed by atoms with E-state index in [1.165, 1.54) is 33.0 Å². The van der Waals surface area contributed by atoms with E-state index < -0.39 is 0 Å². The van der Waals surface area contributed by atoms with Gasteiger partial charge in [-0.15, -0.1) is 0 Å². The van der Waals surface area contributed by atoms with E-state index in [4.69, 9.17) is 4.42 Å². The van der Waals surface area contributed by atoms with Gasteiger partial charge in [-0.1, -0.05) is 140 Å². The second kappa shape index (κ2) is 11.8. The van der Waals surface area contributed by atoms with E-state index in [9.17, 15) is 0 Å². The zero-order valence-corrected chi connectivity index (χ0v) is 26.3. The Morgan fingerprint density at radius 2 is 0.833 bits per heavy atom. The molecule has 0 aliphatic rings. The monoisotopic (exact) mass is 613 g/mol. The minimum absolute atomic E-state index is 0.867. The second-order valence-corrected chi connectivity index (χ2v) is 12.2. The summed E-state index contributed by atoms with van der Waals surface area (Å²) in [6, 6.07) is 66.7. The number of hydrogen-bond acceptors (Lipinski definition) is 2. The molecule has 48 heavy (non-hydrogen) atoms. The molecular weight excluding hydrogens is 583 g/mol. The summed E-state index contributed by atoms with van der Waals surface area (Å²) in [5, 5.41) is 4.63. The Kier molecular flexibility index (Phi) is 6.84. The molecule has 0 N–H and O–H groups in total. The van der Waals surface area contributed by atoms with Crippen molar-refractivity contribution in [1.82, 2.24) is 0 Å². The summed E-state index contributed by atoms with van der Waals surface area (Å²) in [4.78, 5) is 2.30. The molecule has 0 atom stereocenters. The summed E-state index contributed by atoms with van der Waals surface area (Å²) in [5.41, 5.74) is 12.1. The summed E-state index contributed by atoms with van der Waals surface area (Å²) in [6.07, 6.45) is 0. The highest BCUT2D eigenvalue weighted by Crippen LogP contribution is 2.43. The van der Waals surface area contributed by atoms with Crippen molar-refractivity contribution in [3.8, 4) is 33.4 Å². The Morgan fingerprint density at radius 3 is 1.50 bits per heavy atom. The van der Waals surface area contributed by atoms with Crippen LogP contribution in [0.15, 0.2) is 192 Å². The lowest BCUT2D eigenvalue weighted by atomic mass is 9.95. The first-order chi connectivity index (χ1) is 23.8. The van der Waals surface area contributed by atoms with Gasteiger partial charge in [0.15, 0.2) is 0 Å². The molecule has 0 fully saturated rings. The number of para-hydroxylation sites is 1. The molecule has 9 rings (SSSR count). The van der Waals surface area contributed by atoms with Crippen molar-refractivity contribution in [2.24, 2.45) is 0 Å². The van der Waals surface area contributed by atoms with E-state index in [2.05, 4.69) is 193 Å². The van der Waals surface area contributed by atoms with Gasteiger partial charge in [-0.3, -0.25) is 0 Å². The van der Waals surface area contributed by atoms with Crippen molar-refractivity contribution in [1.29, 1.82) is 0 Å². The van der Waals surface area contributed by atoms with Crippen LogP contribution >= 0.6 is 0 Å². The molecular formula is C46H31NO. The van der Waals surface area contributed by atoms with Gasteiger partial charge in [0.1, 0.15) is 11.2 Å². The average Bonchev–Trinajstić information content (AvgIpc) is 3.52. The van der Waals surface area contributed by atoms with Crippen molar-refractivity contribution >= 4 is 49.8 Å². The van der Waals surface area contributed by atoms with E-state index in [0.29, 0.717) is 0 Å². The molecule has 8 aromatic carbocycles. The highest BCUT2D eigenvalue weighted by Gasteiger charge is 2.19. The third-order valence-electron chi connectivity index (χ3n) is 9.25. The van der Waals surface area contributed by atoms with Crippen LogP contribution in [0, 0.1) is 0 Å². The van der Waals surface area contributed by atoms with Crippen molar-refractivity contribution in [3.05, 3.63) is 188 Å². The van der Waals surface area contributed by atoms with Crippen molar-refractivity contribution in [3.63, 3.8) is 0 Å². The van der Waals surface area contributed by atoms with Gasteiger partial charge < -0.3 is 9.32 Å². The minimum Gasteiger partial charge on any atom is -0.455 e. The molecule has 0 amide bonds. The highest BCUT2D eigenvalue weighted by atomic mass is 16.3. The number of benzene rings is 8. The summed E-state index contributed by atoms with van der Waals surface area (Å²) < 4.78 is 6.80. The maximum Gasteiger partial charge on any atom is 0.143 e. The van der Waals surface area contributed by atoms with Gasteiger partial charge in [-0.2, -0.15) is 0 Å². The highest BCUT2D eigenvalue weighted by molar-refractivity contribution is 6.18. The van der Waals surface area contributed by atoms with Crippen LogP contribution in [0.1, 0.15) is 0 Å². The van der Waals surface area contributed by atoms with Crippen molar-refractivity contribution in [2.75, 3.05) is 4.90 Å². The molecule has 0 bridgehead atoms. The Balaban J connectivity index is 1.14. The van der Waals surface area contributed by atoms with Crippen molar-refractivity contribution in [2.45, 2.75) is 0 Å². The van der Waals surface area contributed by atoms with E-state index in [0.717, 1.165) is 50.1 Å². The fourth-order valence-electron chi connectivity index (χ4n) is 6.91. The number of fused-ring (bicyclic) bond motifs is 4. The largest absolute Gasteiger partial charge is 0.455 e. The third-order valence-corrected chi connectivity index (χ3v) is 9.25. The van der Waals surface area contributed by atoms with Crippen LogP contribution in [0.5, 0.6) is 0 Å². The molecule has 1 aromatic heterocycles. The number of nitrogens with zero attached hydrogens (tertiary/aromatic N) is 1. The zero-order valence-electron chi connectivity index (χ0n) is 26.3. The lowest BCUT2D eigenvalue weighted by molar-refractivity contribution is 0.670. The van der Waals surface area contributed by atoms with Crippen LogP contribution in [0.2, 0.25) is 0 Å². The van der Waals surface area contributed by atoms with Crippen molar-refractivity contribution < 1.29 is 4.42 Å². The molecule has 2 heteroatoms. The molecule has 0 aliphatic heterocycles. The molecule has 0 radical (unpaired) electrons. The SMILES string of the molecule is c1ccc(-c2ccc(-c3ccc(N(c4ccccc4)c4ccc5c(c4)oc4c(-c6ccccc6)c6ccccc6cc45)cc3)cc2)cc1. The fourth-order valence-corrected chi connectivity index (χ4v) is 6.91. The zero-order chi connectivity index (χ0) is 31.9. The first-order valence-electron chi connectivity index (χ1n) is 16.3. The molecule has 9 aromatic rings. The Hall–Kier alpha value is -6.38. The maximum absolute atomic E-state index is 6.80. The van der Waals surface area contributed by atoms with Gasteiger partial charge in [0, 0.05) is 39.5 Å². The van der Waals surface area contributed by atoms with Crippen LogP contribution in [0.4, 0.5) is 17.1 Å². The van der Waals surface area contributed by atoms with Gasteiger partial charge >= 0.3 is 0 Å². The molecule has 2 nitrogen and oxygen atoms in total. The summed E-state index contributed by atoms with van der Waals surface area (Å²) in [7, 11) is 0. The smallest absolute Gasteiger partial charge is 0.143 e. The van der Waals surface area contributed by atoms with E-state index in [-0.39, 0.29) is 0 Å². The second-order valence-electron chi connectivity index (χ2n) is 12.2. The minimum atomic E-state index is 0.867. The lowest BCUT2D eigenvalue weighted by Crippen LogP contribution is -2.09. The van der Waals surface area contributed by atoms with Gasteiger partial charge in [0.05, 0.1) is 0 Å². The van der Waals surface area contributed by atoms with Gasteiger partial charge in [-0.25, -0.2) is 0 Å². The Morgan fingerprint density at radius 1 is 0.333 bits per heavy atom. The fraction of sp³-hybridized carbons (Fsp3) is 0. The predicted molar refractivity (Wildman–Crippen MR) is 202 cm³/mol. The lowest BCUT2D eigenvalue weighted by Gasteiger charge is -2.25. The van der Waals surface area contributed by atoms with Crippen LogP contribution in [0.25, 0.3) is 66.1 Å². The Bertz CT molecular complexity index is 2520. The molecule has 0 aliphatic carbocycles. The third kappa shape index (κ3) is 4.92. The first kappa shape index (κ1) is 27.9. The summed E-state index contributed by atoms with van der Waals surface area (Å²) in [5.74, 6) is 0. The maximum atomic E-state index is 6.80. The quantitative estimate of drug-likeness (QED) is 0.185. The van der Waals surface area contributed by atoms with Crippen LogP contribution in [-0.4, -0.2) is 0 Å². The average molecular weight is 614 g/mol. The number of hydrogen-bond donors (Lipinski definition) is 0. The first-order valence-corrected chi connectivity index (χ1v) is 16.3. The van der Waals surface area contributed by atoms with Gasteiger partial charge in [0.25, 0.3) is 0 Å². The van der Waals surface area contributed by atoms with E-state index in [1.54, 1.807) is 0 Å². The Labute approximate surface area is 279 Å². The number of rotatable bonds is 6. The van der Waals surface area contributed by atoms with Crippen LogP contribution in [-0.2, 0) is 0 Å². The number of anilines is 3. The summed E-state index contributed by atoms with van der Waals surface area (Å²) in [6.45, 7) is 0. The normalized spacial score (nSPS) is 11.3. The predicted octanol–water partition coefficient (Wildman–Crippen LogP) is 13.2. The van der Waals surface area contributed by atoms with Crippen LogP contribution in [0.3, 0.4) is 0 Å². The van der Waals surface area contributed by atoms with Crippen LogP contribution < -0.4 is 4.90 Å². The van der Waals surface area contributed by atoms with E-state index in [1.807, 2.05) is 0 Å². The number of furan rings is 1. The standard InChI is InChI=1S/C46H31NO/c1-4-12-32(13-5-1)33-20-22-34(23-21-33)35-24-26-39(27-25-35)47(38-17-8-3-9-18-38)40-28-29-42-43-30-37-16-10-11-19-41(37)45(36-14-6-2-7-15-36)46(43)48-44(42)31-40/h1-31H. The molecule has 0 spiro atoms.